The topological polar surface area (TPSA) is 64.6 Å². The standard InChI is InChI=1S/C14H11Cl4NO4S/c1-22-12-6-11(13(23-2)4-9(12)17)19-24(20,21)14-5-8(16)7(15)3-10(14)18/h3-6,19H,1-2H3. The van der Waals surface area contributed by atoms with Crippen LogP contribution in [0.15, 0.2) is 29.2 Å². The second kappa shape index (κ2) is 7.45. The van der Waals surface area contributed by atoms with Crippen LogP contribution >= 0.6 is 46.4 Å². The number of hydrogen-bond donors (Lipinski definition) is 1. The Morgan fingerprint density at radius 1 is 0.792 bits per heavy atom. The summed E-state index contributed by atoms with van der Waals surface area (Å²) in [6.45, 7) is 0. The molecule has 0 atom stereocenters. The molecule has 0 aliphatic rings. The summed E-state index contributed by atoms with van der Waals surface area (Å²) in [6.07, 6.45) is 0. The van der Waals surface area contributed by atoms with Gasteiger partial charge in [0.15, 0.2) is 0 Å². The fraction of sp³-hybridized carbons (Fsp3) is 0.143. The van der Waals surface area contributed by atoms with E-state index in [9.17, 15) is 8.42 Å². The number of nitrogens with one attached hydrogen (secondary N) is 1. The van der Waals surface area contributed by atoms with Gasteiger partial charge in [-0.1, -0.05) is 46.4 Å². The van der Waals surface area contributed by atoms with Gasteiger partial charge in [0.1, 0.15) is 16.4 Å². The second-order valence-corrected chi connectivity index (χ2v) is 7.77. The van der Waals surface area contributed by atoms with Crippen LogP contribution in [0.5, 0.6) is 11.5 Å². The summed E-state index contributed by atoms with van der Waals surface area (Å²) in [5.41, 5.74) is 0.126. The summed E-state index contributed by atoms with van der Waals surface area (Å²) in [4.78, 5) is -0.227. The molecular weight excluding hydrogens is 420 g/mol. The number of anilines is 1. The van der Waals surface area contributed by atoms with E-state index in [1.165, 1.54) is 32.4 Å². The van der Waals surface area contributed by atoms with Crippen LogP contribution in [0.25, 0.3) is 0 Å². The molecule has 0 heterocycles. The number of rotatable bonds is 5. The van der Waals surface area contributed by atoms with Crippen molar-refractivity contribution in [1.29, 1.82) is 0 Å². The number of ether oxygens (including phenoxy) is 2. The van der Waals surface area contributed by atoms with Gasteiger partial charge in [-0.25, -0.2) is 8.42 Å². The molecule has 130 valence electrons. The highest BCUT2D eigenvalue weighted by atomic mass is 35.5. The molecule has 0 radical (unpaired) electrons. The van der Waals surface area contributed by atoms with Crippen molar-refractivity contribution >= 4 is 62.1 Å². The van der Waals surface area contributed by atoms with E-state index < -0.39 is 10.0 Å². The molecule has 0 spiro atoms. The third kappa shape index (κ3) is 3.95. The summed E-state index contributed by atoms with van der Waals surface area (Å²) < 4.78 is 37.8. The molecule has 0 bridgehead atoms. The Hall–Kier alpha value is -1.05. The lowest BCUT2D eigenvalue weighted by Gasteiger charge is -2.15. The maximum absolute atomic E-state index is 12.6. The Labute approximate surface area is 159 Å². The first-order valence-corrected chi connectivity index (χ1v) is 9.28. The van der Waals surface area contributed by atoms with Gasteiger partial charge >= 0.3 is 0 Å². The Balaban J connectivity index is 2.52. The van der Waals surface area contributed by atoms with Gasteiger partial charge in [-0.15, -0.1) is 0 Å². The highest BCUT2D eigenvalue weighted by Gasteiger charge is 2.22. The predicted octanol–water partition coefficient (Wildman–Crippen LogP) is 5.12. The third-order valence-corrected chi connectivity index (χ3v) is 5.83. The van der Waals surface area contributed by atoms with Crippen molar-refractivity contribution in [3.63, 3.8) is 0 Å². The van der Waals surface area contributed by atoms with Crippen LogP contribution in [0.2, 0.25) is 20.1 Å². The fourth-order valence-corrected chi connectivity index (χ4v) is 4.14. The Morgan fingerprint density at radius 3 is 1.96 bits per heavy atom. The highest BCUT2D eigenvalue weighted by Crippen LogP contribution is 2.38. The molecule has 2 rings (SSSR count). The SMILES string of the molecule is COc1cc(NS(=O)(=O)c2cc(Cl)c(Cl)cc2Cl)c(OC)cc1Cl. The first kappa shape index (κ1) is 19.3. The van der Waals surface area contributed by atoms with Crippen LogP contribution < -0.4 is 14.2 Å². The van der Waals surface area contributed by atoms with E-state index >= 15 is 0 Å². The Morgan fingerprint density at radius 2 is 1.38 bits per heavy atom. The van der Waals surface area contributed by atoms with Gasteiger partial charge in [-0.3, -0.25) is 4.72 Å². The molecule has 24 heavy (non-hydrogen) atoms. The molecule has 0 saturated carbocycles. The van der Waals surface area contributed by atoms with Crippen LogP contribution in [0.1, 0.15) is 0 Å². The Kier molecular flexibility index (Phi) is 5.99. The lowest BCUT2D eigenvalue weighted by atomic mass is 10.3. The van der Waals surface area contributed by atoms with Crippen molar-refractivity contribution in [3.05, 3.63) is 44.4 Å². The van der Waals surface area contributed by atoms with Crippen molar-refractivity contribution in [2.75, 3.05) is 18.9 Å². The molecule has 0 fully saturated rings. The van der Waals surface area contributed by atoms with Gasteiger partial charge in [0, 0.05) is 12.1 Å². The van der Waals surface area contributed by atoms with Crippen molar-refractivity contribution < 1.29 is 17.9 Å². The van der Waals surface area contributed by atoms with Crippen molar-refractivity contribution in [2.45, 2.75) is 4.90 Å². The molecule has 0 unspecified atom stereocenters. The van der Waals surface area contributed by atoms with Crippen LogP contribution in [-0.2, 0) is 10.0 Å². The molecule has 0 amide bonds. The molecule has 0 aliphatic heterocycles. The monoisotopic (exact) mass is 429 g/mol. The molecule has 2 aromatic rings. The molecule has 0 aromatic heterocycles. The van der Waals surface area contributed by atoms with Gasteiger partial charge < -0.3 is 9.47 Å². The van der Waals surface area contributed by atoms with E-state index in [4.69, 9.17) is 55.9 Å². The maximum Gasteiger partial charge on any atom is 0.263 e. The third-order valence-electron chi connectivity index (χ3n) is 2.98. The summed E-state index contributed by atoms with van der Waals surface area (Å²) in [5.74, 6) is 0.482. The smallest absolute Gasteiger partial charge is 0.263 e. The first-order chi connectivity index (χ1) is 11.2. The van der Waals surface area contributed by atoms with E-state index in [1.54, 1.807) is 0 Å². The minimum Gasteiger partial charge on any atom is -0.495 e. The molecule has 0 aliphatic carbocycles. The molecule has 1 N–H and O–H groups in total. The molecule has 5 nitrogen and oxygen atoms in total. The minimum atomic E-state index is -4.06. The lowest BCUT2D eigenvalue weighted by molar-refractivity contribution is 0.405. The molecule has 0 saturated heterocycles. The number of sulfonamides is 1. The van der Waals surface area contributed by atoms with Crippen LogP contribution in [0.4, 0.5) is 5.69 Å². The maximum atomic E-state index is 12.6. The number of benzene rings is 2. The number of methoxy groups -OCH3 is 2. The average Bonchev–Trinajstić information content (AvgIpc) is 2.51. The summed E-state index contributed by atoms with van der Waals surface area (Å²) >= 11 is 23.7. The zero-order valence-corrected chi connectivity index (χ0v) is 16.2. The Bertz CT molecular complexity index is 887. The normalized spacial score (nSPS) is 11.2. The summed E-state index contributed by atoms with van der Waals surface area (Å²) in [5, 5.41) is 0.398. The molecule has 2 aromatic carbocycles. The molecule has 10 heteroatoms. The van der Waals surface area contributed by atoms with Crippen molar-refractivity contribution in [3.8, 4) is 11.5 Å². The van der Waals surface area contributed by atoms with Gasteiger partial charge in [0.2, 0.25) is 0 Å². The lowest BCUT2D eigenvalue weighted by Crippen LogP contribution is -2.14. The van der Waals surface area contributed by atoms with Crippen molar-refractivity contribution in [1.82, 2.24) is 0 Å². The van der Waals surface area contributed by atoms with Gasteiger partial charge in [-0.05, 0) is 12.1 Å². The zero-order valence-electron chi connectivity index (χ0n) is 12.4. The summed E-state index contributed by atoms with van der Waals surface area (Å²) in [7, 11) is -1.28. The van der Waals surface area contributed by atoms with Gasteiger partial charge in [0.05, 0.1) is 40.0 Å². The van der Waals surface area contributed by atoms with Gasteiger partial charge in [-0.2, -0.15) is 0 Å². The van der Waals surface area contributed by atoms with E-state index in [0.29, 0.717) is 0 Å². The average molecular weight is 431 g/mol. The van der Waals surface area contributed by atoms with E-state index in [-0.39, 0.29) is 42.2 Å². The number of halogens is 4. The van der Waals surface area contributed by atoms with Crippen LogP contribution in [0.3, 0.4) is 0 Å². The summed E-state index contributed by atoms with van der Waals surface area (Å²) in [6, 6.07) is 5.23. The molecular formula is C14H11Cl4NO4S. The van der Waals surface area contributed by atoms with E-state index in [1.807, 2.05) is 0 Å². The van der Waals surface area contributed by atoms with Gasteiger partial charge in [0.25, 0.3) is 10.0 Å². The quantitative estimate of drug-likeness (QED) is 0.668. The largest absolute Gasteiger partial charge is 0.495 e. The number of hydrogen-bond acceptors (Lipinski definition) is 4. The van der Waals surface area contributed by atoms with E-state index in [0.717, 1.165) is 6.07 Å². The van der Waals surface area contributed by atoms with Crippen LogP contribution in [-0.4, -0.2) is 22.6 Å². The van der Waals surface area contributed by atoms with Crippen LogP contribution in [0, 0.1) is 0 Å². The minimum absolute atomic E-state index is 0.0575. The van der Waals surface area contributed by atoms with Crippen molar-refractivity contribution in [2.24, 2.45) is 0 Å². The second-order valence-electron chi connectivity index (χ2n) is 4.49. The zero-order chi connectivity index (χ0) is 18.1. The van der Waals surface area contributed by atoms with E-state index in [2.05, 4.69) is 4.72 Å². The highest BCUT2D eigenvalue weighted by molar-refractivity contribution is 7.92. The fourth-order valence-electron chi connectivity index (χ4n) is 1.85. The predicted molar refractivity (Wildman–Crippen MR) is 96.8 cm³/mol. The first-order valence-electron chi connectivity index (χ1n) is 6.28.